The number of allylic oxidation sites excluding steroid dienone is 3. The molecule has 8 heteroatoms. The Kier molecular flexibility index (Phi) is 5.76. The van der Waals surface area contributed by atoms with Crippen molar-refractivity contribution in [1.29, 1.82) is 10.8 Å². The van der Waals surface area contributed by atoms with Gasteiger partial charge in [-0.1, -0.05) is 13.8 Å². The zero-order valence-corrected chi connectivity index (χ0v) is 14.7. The second-order valence-corrected chi connectivity index (χ2v) is 6.04. The van der Waals surface area contributed by atoms with Crippen molar-refractivity contribution in [3.05, 3.63) is 64.4 Å². The summed E-state index contributed by atoms with van der Waals surface area (Å²) in [4.78, 5) is 4.26. The molecule has 6 nitrogen and oxygen atoms in total. The van der Waals surface area contributed by atoms with Crippen molar-refractivity contribution < 1.29 is 8.78 Å². The van der Waals surface area contributed by atoms with E-state index < -0.39 is 11.6 Å². The van der Waals surface area contributed by atoms with Gasteiger partial charge in [-0.05, 0) is 31.2 Å². The predicted molar refractivity (Wildman–Crippen MR) is 97.3 cm³/mol. The van der Waals surface area contributed by atoms with Crippen LogP contribution in [0.2, 0.25) is 0 Å². The summed E-state index contributed by atoms with van der Waals surface area (Å²) in [6.45, 7) is 5.44. The lowest BCUT2D eigenvalue weighted by Gasteiger charge is -2.11. The third-order valence-corrected chi connectivity index (χ3v) is 3.58. The number of benzene rings is 1. The average molecular weight is 358 g/mol. The fraction of sp³-hybridized carbons (Fsp3) is 0.222. The highest BCUT2D eigenvalue weighted by molar-refractivity contribution is 6.32. The number of nitrogens with zero attached hydrogens (tertiary/aromatic N) is 2. The minimum atomic E-state index is -0.888. The van der Waals surface area contributed by atoms with E-state index in [9.17, 15) is 8.78 Å². The van der Waals surface area contributed by atoms with Crippen molar-refractivity contribution in [2.75, 3.05) is 0 Å². The zero-order valence-electron chi connectivity index (χ0n) is 14.7. The molecule has 1 heterocycles. The molecule has 1 aromatic carbocycles. The van der Waals surface area contributed by atoms with Crippen LogP contribution >= 0.6 is 0 Å². The summed E-state index contributed by atoms with van der Waals surface area (Å²) in [5.41, 5.74) is 5.49. The molecule has 2 aromatic rings. The van der Waals surface area contributed by atoms with E-state index in [4.69, 9.17) is 16.6 Å². The number of hydrogen-bond donors (Lipinski definition) is 4. The highest BCUT2D eigenvalue weighted by atomic mass is 19.1. The van der Waals surface area contributed by atoms with Crippen LogP contribution in [0.4, 0.5) is 8.78 Å². The van der Waals surface area contributed by atoms with Crippen LogP contribution in [-0.2, 0) is 0 Å². The topological polar surface area (TPSA) is 115 Å². The van der Waals surface area contributed by atoms with Gasteiger partial charge in [-0.15, -0.1) is 0 Å². The Balaban J connectivity index is 2.29. The van der Waals surface area contributed by atoms with Crippen LogP contribution in [0.15, 0.2) is 35.5 Å². The van der Waals surface area contributed by atoms with Gasteiger partial charge >= 0.3 is 0 Å². The quantitative estimate of drug-likeness (QED) is 0.592. The fourth-order valence-electron chi connectivity index (χ4n) is 2.23. The van der Waals surface area contributed by atoms with E-state index in [0.29, 0.717) is 17.7 Å². The number of nitrogens with one attached hydrogen (secondary N) is 3. The van der Waals surface area contributed by atoms with Crippen molar-refractivity contribution in [2.24, 2.45) is 5.73 Å². The zero-order chi connectivity index (χ0) is 19.4. The van der Waals surface area contributed by atoms with Crippen LogP contribution in [0.3, 0.4) is 0 Å². The molecule has 0 bridgehead atoms. The molecule has 0 aliphatic rings. The van der Waals surface area contributed by atoms with Gasteiger partial charge in [0.05, 0.1) is 11.4 Å². The lowest BCUT2D eigenvalue weighted by atomic mass is 9.96. The lowest BCUT2D eigenvalue weighted by Crippen LogP contribution is -2.17. The molecule has 0 saturated heterocycles. The molecule has 0 radical (unpaired) electrons. The number of aromatic amines is 1. The highest BCUT2D eigenvalue weighted by Gasteiger charge is 2.18. The molecule has 5 N–H and O–H groups in total. The van der Waals surface area contributed by atoms with Crippen LogP contribution in [0.1, 0.15) is 43.9 Å². The van der Waals surface area contributed by atoms with Crippen molar-refractivity contribution in [1.82, 2.24) is 15.2 Å². The van der Waals surface area contributed by atoms with E-state index in [1.165, 1.54) is 19.1 Å². The van der Waals surface area contributed by atoms with Crippen LogP contribution in [0, 0.1) is 22.5 Å². The van der Waals surface area contributed by atoms with E-state index in [-0.39, 0.29) is 34.2 Å². The molecule has 0 spiro atoms. The van der Waals surface area contributed by atoms with E-state index >= 15 is 0 Å². The number of aromatic nitrogens is 3. The second-order valence-electron chi connectivity index (χ2n) is 6.04. The molecule has 0 fully saturated rings. The maximum absolute atomic E-state index is 14.0. The molecule has 0 saturated carbocycles. The molecule has 26 heavy (non-hydrogen) atoms. The smallest absolute Gasteiger partial charge is 0.173 e. The van der Waals surface area contributed by atoms with Gasteiger partial charge in [0.2, 0.25) is 0 Å². The minimum Gasteiger partial charge on any atom is -0.402 e. The highest BCUT2D eigenvalue weighted by Crippen LogP contribution is 2.17. The average Bonchev–Trinajstić information content (AvgIpc) is 3.01. The van der Waals surface area contributed by atoms with Crippen molar-refractivity contribution >= 4 is 17.5 Å². The van der Waals surface area contributed by atoms with Gasteiger partial charge < -0.3 is 11.1 Å². The number of H-pyrrole nitrogens is 1. The standard InChI is InChI=1S/C18H20F2N6/c1-9(2)18-24-15(25-26-18)7-6-14(22)16(10(3)21)17(23)12-5-4-11(19)8-13(12)20/h4-9,22-23H,21H2,1-3H3,(H,24,25,26)/b7-6-,16-10-,22-14?,23-17?. The molecular weight excluding hydrogens is 338 g/mol. The monoisotopic (exact) mass is 358 g/mol. The molecule has 136 valence electrons. The first kappa shape index (κ1) is 19.2. The van der Waals surface area contributed by atoms with Gasteiger partial charge in [0.15, 0.2) is 5.82 Å². The Morgan fingerprint density at radius 1 is 1.27 bits per heavy atom. The summed E-state index contributed by atoms with van der Waals surface area (Å²) >= 11 is 0. The van der Waals surface area contributed by atoms with Gasteiger partial charge in [0.25, 0.3) is 0 Å². The summed E-state index contributed by atoms with van der Waals surface area (Å²) in [5, 5.41) is 23.2. The number of rotatable bonds is 6. The summed E-state index contributed by atoms with van der Waals surface area (Å²) in [7, 11) is 0. The third-order valence-electron chi connectivity index (χ3n) is 3.58. The van der Waals surface area contributed by atoms with Gasteiger partial charge in [-0.25, -0.2) is 13.8 Å². The fourth-order valence-corrected chi connectivity index (χ4v) is 2.23. The van der Waals surface area contributed by atoms with Crippen molar-refractivity contribution in [3.8, 4) is 0 Å². The van der Waals surface area contributed by atoms with Gasteiger partial charge in [0, 0.05) is 28.8 Å². The molecule has 0 aliphatic heterocycles. The van der Waals surface area contributed by atoms with Crippen LogP contribution in [-0.4, -0.2) is 26.6 Å². The van der Waals surface area contributed by atoms with E-state index in [1.54, 1.807) is 0 Å². The maximum Gasteiger partial charge on any atom is 0.173 e. The number of hydrogen-bond acceptors (Lipinski definition) is 5. The molecule has 0 unspecified atom stereocenters. The summed E-state index contributed by atoms with van der Waals surface area (Å²) < 4.78 is 27.0. The van der Waals surface area contributed by atoms with Crippen molar-refractivity contribution in [2.45, 2.75) is 26.7 Å². The van der Waals surface area contributed by atoms with Gasteiger partial charge in [0.1, 0.15) is 17.5 Å². The Bertz CT molecular complexity index is 904. The first-order valence-corrected chi connectivity index (χ1v) is 7.90. The van der Waals surface area contributed by atoms with Crippen molar-refractivity contribution in [3.63, 3.8) is 0 Å². The predicted octanol–water partition coefficient (Wildman–Crippen LogP) is 3.54. The normalized spacial score (nSPS) is 12.5. The van der Waals surface area contributed by atoms with Gasteiger partial charge in [-0.2, -0.15) is 5.10 Å². The Morgan fingerprint density at radius 3 is 2.50 bits per heavy atom. The lowest BCUT2D eigenvalue weighted by molar-refractivity contribution is 0.582. The third kappa shape index (κ3) is 4.27. The summed E-state index contributed by atoms with van der Waals surface area (Å²) in [5.74, 6) is -0.355. The Hall–Kier alpha value is -3.16. The van der Waals surface area contributed by atoms with E-state index in [2.05, 4.69) is 15.2 Å². The number of halogens is 2. The molecule has 0 atom stereocenters. The van der Waals surface area contributed by atoms with E-state index in [0.717, 1.165) is 12.1 Å². The van der Waals surface area contributed by atoms with Crippen LogP contribution < -0.4 is 5.73 Å². The molecule has 2 rings (SSSR count). The van der Waals surface area contributed by atoms with Crippen LogP contribution in [0.5, 0.6) is 0 Å². The molecule has 0 amide bonds. The molecule has 0 aliphatic carbocycles. The maximum atomic E-state index is 14.0. The van der Waals surface area contributed by atoms with E-state index in [1.807, 2.05) is 13.8 Å². The molecular formula is C18H20F2N6. The van der Waals surface area contributed by atoms with Crippen LogP contribution in [0.25, 0.3) is 6.08 Å². The Labute approximate surface area is 149 Å². The minimum absolute atomic E-state index is 0.0476. The molecule has 1 aromatic heterocycles. The summed E-state index contributed by atoms with van der Waals surface area (Å²) in [6, 6.07) is 2.89. The largest absolute Gasteiger partial charge is 0.402 e. The second kappa shape index (κ2) is 7.81. The Morgan fingerprint density at radius 2 is 1.96 bits per heavy atom. The SMILES string of the molecule is C/C(N)=C(\C(=N)/C=C\c1n[nH]c(C(C)C)n1)C(=N)c1ccc(F)cc1F. The number of nitrogens with two attached hydrogens (primary N) is 1. The summed E-state index contributed by atoms with van der Waals surface area (Å²) in [6.07, 6.45) is 2.89. The first-order valence-electron chi connectivity index (χ1n) is 7.90. The first-order chi connectivity index (χ1) is 12.2. The van der Waals surface area contributed by atoms with Gasteiger partial charge in [-0.3, -0.25) is 10.5 Å².